The van der Waals surface area contributed by atoms with Crippen LogP contribution in [0.3, 0.4) is 0 Å². The molecule has 0 atom stereocenters. The van der Waals surface area contributed by atoms with E-state index in [2.05, 4.69) is 13.8 Å². The molecular formula is C31H34O7. The van der Waals surface area contributed by atoms with Crippen molar-refractivity contribution in [3.63, 3.8) is 0 Å². The Labute approximate surface area is 223 Å². The maximum atomic E-state index is 13.2. The monoisotopic (exact) mass is 518 g/mol. The third-order valence-electron chi connectivity index (χ3n) is 5.60. The molecule has 200 valence electrons. The summed E-state index contributed by atoms with van der Waals surface area (Å²) in [5, 5.41) is 0. The predicted molar refractivity (Wildman–Crippen MR) is 144 cm³/mol. The fourth-order valence-corrected chi connectivity index (χ4v) is 3.38. The first-order valence-corrected chi connectivity index (χ1v) is 12.8. The number of rotatable bonds is 12. The smallest absolute Gasteiger partial charge is 0.347 e. The first-order chi connectivity index (χ1) is 18.3. The summed E-state index contributed by atoms with van der Waals surface area (Å²) in [7, 11) is 0. The molecule has 0 aliphatic carbocycles. The molecule has 0 aromatic heterocycles. The summed E-state index contributed by atoms with van der Waals surface area (Å²) < 4.78 is 22.4. The predicted octanol–water partition coefficient (Wildman–Crippen LogP) is 7.10. The maximum Gasteiger partial charge on any atom is 0.347 e. The standard InChI is InChI=1S/C31H34O7/c1-21(2)17-19-35-29(32)23-11-5-8-14-26(23)37-27-15-9-7-13-25(27)31(34)38-28-16-10-6-12-24(28)30(33)36-20-18-22(3)4/h5-16,21-22H,17-20H2,1-4H3. The van der Waals surface area contributed by atoms with Gasteiger partial charge in [0.1, 0.15) is 33.9 Å². The first-order valence-electron chi connectivity index (χ1n) is 12.8. The Hall–Kier alpha value is -4.13. The summed E-state index contributed by atoms with van der Waals surface area (Å²) in [5.41, 5.74) is 0.518. The fourth-order valence-electron chi connectivity index (χ4n) is 3.38. The van der Waals surface area contributed by atoms with E-state index in [1.54, 1.807) is 66.7 Å². The number of carbonyl (C=O) groups excluding carboxylic acids is 3. The fraction of sp³-hybridized carbons (Fsp3) is 0.323. The SMILES string of the molecule is CC(C)CCOC(=O)c1ccccc1OC(=O)c1ccccc1Oc1ccccc1C(=O)OCCC(C)C. The molecule has 0 N–H and O–H groups in total. The number of para-hydroxylation sites is 3. The molecule has 0 heterocycles. The van der Waals surface area contributed by atoms with E-state index in [9.17, 15) is 14.4 Å². The molecule has 0 fully saturated rings. The second-order valence-corrected chi connectivity index (χ2v) is 9.62. The van der Waals surface area contributed by atoms with Crippen LogP contribution in [0.2, 0.25) is 0 Å². The third-order valence-corrected chi connectivity index (χ3v) is 5.60. The van der Waals surface area contributed by atoms with Crippen LogP contribution in [0, 0.1) is 11.8 Å². The van der Waals surface area contributed by atoms with E-state index in [1.807, 2.05) is 13.8 Å². The molecule has 0 aliphatic heterocycles. The average molecular weight is 519 g/mol. The van der Waals surface area contributed by atoms with Crippen LogP contribution in [0.5, 0.6) is 17.2 Å². The third kappa shape index (κ3) is 8.20. The van der Waals surface area contributed by atoms with Crippen LogP contribution >= 0.6 is 0 Å². The van der Waals surface area contributed by atoms with E-state index < -0.39 is 17.9 Å². The molecule has 7 nitrogen and oxygen atoms in total. The minimum atomic E-state index is -0.722. The summed E-state index contributed by atoms with van der Waals surface area (Å²) in [5.74, 6) is -0.488. The summed E-state index contributed by atoms with van der Waals surface area (Å²) >= 11 is 0. The molecule has 0 spiro atoms. The molecule has 0 bridgehead atoms. The van der Waals surface area contributed by atoms with E-state index in [0.29, 0.717) is 18.4 Å². The second kappa shape index (κ2) is 14.0. The van der Waals surface area contributed by atoms with Crippen LogP contribution in [0.25, 0.3) is 0 Å². The molecular weight excluding hydrogens is 484 g/mol. The lowest BCUT2D eigenvalue weighted by atomic mass is 10.1. The van der Waals surface area contributed by atoms with Crippen molar-refractivity contribution in [2.24, 2.45) is 11.8 Å². The summed E-state index contributed by atoms with van der Waals surface area (Å²) in [4.78, 5) is 38.5. The molecule has 3 rings (SSSR count). The highest BCUT2D eigenvalue weighted by Gasteiger charge is 2.21. The van der Waals surface area contributed by atoms with Gasteiger partial charge in [-0.1, -0.05) is 64.1 Å². The van der Waals surface area contributed by atoms with Crippen molar-refractivity contribution in [2.75, 3.05) is 13.2 Å². The maximum absolute atomic E-state index is 13.2. The zero-order chi connectivity index (χ0) is 27.5. The number of hydrogen-bond acceptors (Lipinski definition) is 7. The number of ether oxygens (including phenoxy) is 4. The normalized spacial score (nSPS) is 10.8. The van der Waals surface area contributed by atoms with Crippen LogP contribution in [-0.4, -0.2) is 31.1 Å². The summed E-state index contributed by atoms with van der Waals surface area (Å²) in [6, 6.07) is 19.6. The molecule has 38 heavy (non-hydrogen) atoms. The van der Waals surface area contributed by atoms with Crippen LogP contribution < -0.4 is 9.47 Å². The Morgan fingerprint density at radius 3 is 1.37 bits per heavy atom. The Morgan fingerprint density at radius 2 is 0.921 bits per heavy atom. The van der Waals surface area contributed by atoms with Gasteiger partial charge in [0.25, 0.3) is 0 Å². The van der Waals surface area contributed by atoms with Crippen molar-refractivity contribution in [3.05, 3.63) is 89.5 Å². The van der Waals surface area contributed by atoms with Gasteiger partial charge in [0, 0.05) is 0 Å². The van der Waals surface area contributed by atoms with Crippen molar-refractivity contribution in [2.45, 2.75) is 40.5 Å². The van der Waals surface area contributed by atoms with Crippen molar-refractivity contribution in [3.8, 4) is 17.2 Å². The summed E-state index contributed by atoms with van der Waals surface area (Å²) in [6.07, 6.45) is 1.47. The summed E-state index contributed by atoms with van der Waals surface area (Å²) in [6.45, 7) is 8.75. The molecule has 0 amide bonds. The van der Waals surface area contributed by atoms with Gasteiger partial charge in [0.15, 0.2) is 0 Å². The first kappa shape index (κ1) is 28.4. The highest BCUT2D eigenvalue weighted by molar-refractivity contribution is 5.98. The highest BCUT2D eigenvalue weighted by Crippen LogP contribution is 2.30. The molecule has 0 saturated heterocycles. The number of benzene rings is 3. The van der Waals surface area contributed by atoms with Gasteiger partial charge in [-0.2, -0.15) is 0 Å². The number of carbonyl (C=O) groups is 3. The van der Waals surface area contributed by atoms with E-state index in [-0.39, 0.29) is 40.5 Å². The Balaban J connectivity index is 1.78. The largest absolute Gasteiger partial charge is 0.462 e. The molecule has 7 heteroatoms. The van der Waals surface area contributed by atoms with Crippen LogP contribution in [0.4, 0.5) is 0 Å². The van der Waals surface area contributed by atoms with Crippen LogP contribution in [0.15, 0.2) is 72.8 Å². The van der Waals surface area contributed by atoms with Crippen LogP contribution in [-0.2, 0) is 9.47 Å². The van der Waals surface area contributed by atoms with Crippen molar-refractivity contribution in [1.82, 2.24) is 0 Å². The molecule has 0 unspecified atom stereocenters. The Morgan fingerprint density at radius 1 is 0.553 bits per heavy atom. The van der Waals surface area contributed by atoms with Crippen molar-refractivity contribution in [1.29, 1.82) is 0 Å². The quantitative estimate of drug-likeness (QED) is 0.187. The van der Waals surface area contributed by atoms with Gasteiger partial charge in [0.05, 0.1) is 13.2 Å². The van der Waals surface area contributed by atoms with Gasteiger partial charge in [-0.3, -0.25) is 0 Å². The zero-order valence-corrected chi connectivity index (χ0v) is 22.3. The number of esters is 3. The van der Waals surface area contributed by atoms with E-state index in [4.69, 9.17) is 18.9 Å². The van der Waals surface area contributed by atoms with Gasteiger partial charge < -0.3 is 18.9 Å². The van der Waals surface area contributed by atoms with Gasteiger partial charge in [-0.15, -0.1) is 0 Å². The van der Waals surface area contributed by atoms with E-state index >= 15 is 0 Å². The van der Waals surface area contributed by atoms with Crippen LogP contribution in [0.1, 0.15) is 71.6 Å². The van der Waals surface area contributed by atoms with Crippen molar-refractivity contribution < 1.29 is 33.3 Å². The lowest BCUT2D eigenvalue weighted by molar-refractivity contribution is 0.0473. The molecule has 3 aromatic carbocycles. The molecule has 0 aliphatic rings. The minimum Gasteiger partial charge on any atom is -0.462 e. The lowest BCUT2D eigenvalue weighted by Gasteiger charge is -2.14. The minimum absolute atomic E-state index is 0.0796. The van der Waals surface area contributed by atoms with Gasteiger partial charge in [-0.05, 0) is 61.1 Å². The molecule has 0 radical (unpaired) electrons. The van der Waals surface area contributed by atoms with Gasteiger partial charge in [0.2, 0.25) is 0 Å². The Bertz CT molecular complexity index is 1250. The Kier molecular flexibility index (Phi) is 10.5. The van der Waals surface area contributed by atoms with Gasteiger partial charge >= 0.3 is 17.9 Å². The lowest BCUT2D eigenvalue weighted by Crippen LogP contribution is -2.14. The molecule has 3 aromatic rings. The average Bonchev–Trinajstić information content (AvgIpc) is 2.89. The second-order valence-electron chi connectivity index (χ2n) is 9.62. The van der Waals surface area contributed by atoms with Gasteiger partial charge in [-0.25, -0.2) is 14.4 Å². The van der Waals surface area contributed by atoms with E-state index in [1.165, 1.54) is 6.07 Å². The molecule has 0 saturated carbocycles. The van der Waals surface area contributed by atoms with Crippen molar-refractivity contribution >= 4 is 17.9 Å². The number of hydrogen-bond donors (Lipinski definition) is 0. The van der Waals surface area contributed by atoms with E-state index in [0.717, 1.165) is 12.8 Å². The topological polar surface area (TPSA) is 88.1 Å². The highest BCUT2D eigenvalue weighted by atomic mass is 16.6. The zero-order valence-electron chi connectivity index (χ0n) is 22.3.